The predicted molar refractivity (Wildman–Crippen MR) is 155 cm³/mol. The highest BCUT2D eigenvalue weighted by molar-refractivity contribution is 6.02. The SMILES string of the molecule is Cc1ccccc1C(=O)N(C=O)C(CC(=O)Nc1cc(F)cc(C(F)(F)C(F)F)c1)C(F)(F)F.Fc1ccc(-c2ccccc2)cc1. The summed E-state index contributed by atoms with van der Waals surface area (Å²) >= 11 is 0. The number of imide groups is 1. The zero-order valence-electron chi connectivity index (χ0n) is 24.3. The van der Waals surface area contributed by atoms with Crippen LogP contribution in [-0.4, -0.2) is 41.8 Å². The second kappa shape index (κ2) is 15.4. The molecule has 0 bridgehead atoms. The van der Waals surface area contributed by atoms with E-state index in [1.165, 1.54) is 43.3 Å². The highest BCUT2D eigenvalue weighted by Gasteiger charge is 2.47. The summed E-state index contributed by atoms with van der Waals surface area (Å²) in [6.07, 6.45) is -11.5. The van der Waals surface area contributed by atoms with Gasteiger partial charge in [-0.05, 0) is 60.0 Å². The van der Waals surface area contributed by atoms with Crippen molar-refractivity contribution in [2.24, 2.45) is 0 Å². The van der Waals surface area contributed by atoms with E-state index in [2.05, 4.69) is 0 Å². The number of rotatable bonds is 9. The van der Waals surface area contributed by atoms with Crippen LogP contribution in [0.2, 0.25) is 0 Å². The number of carbonyl (C=O) groups excluding carboxylic acids is 3. The first-order valence-corrected chi connectivity index (χ1v) is 13.5. The third-order valence-corrected chi connectivity index (χ3v) is 6.61. The lowest BCUT2D eigenvalue weighted by Gasteiger charge is -2.28. The van der Waals surface area contributed by atoms with Crippen LogP contribution in [0.5, 0.6) is 0 Å². The van der Waals surface area contributed by atoms with Gasteiger partial charge in [0.05, 0.1) is 6.42 Å². The van der Waals surface area contributed by atoms with Gasteiger partial charge in [-0.2, -0.15) is 22.0 Å². The number of hydrogen-bond acceptors (Lipinski definition) is 3. The Morgan fingerprint density at radius 1 is 0.787 bits per heavy atom. The summed E-state index contributed by atoms with van der Waals surface area (Å²) in [5, 5.41) is 1.69. The minimum absolute atomic E-state index is 0.0787. The Bertz CT molecular complexity index is 1680. The maximum Gasteiger partial charge on any atom is 0.409 e. The van der Waals surface area contributed by atoms with Crippen LogP contribution in [0.4, 0.5) is 45.2 Å². The molecule has 4 aromatic rings. The molecular weight excluding hydrogens is 643 g/mol. The number of aryl methyl sites for hydroxylation is 1. The number of nitrogens with one attached hydrogen (secondary N) is 1. The number of amides is 3. The molecule has 0 fully saturated rings. The summed E-state index contributed by atoms with van der Waals surface area (Å²) < 4.78 is 119. The van der Waals surface area contributed by atoms with Crippen LogP contribution in [0.3, 0.4) is 0 Å². The van der Waals surface area contributed by atoms with Crippen molar-refractivity contribution in [1.82, 2.24) is 4.90 Å². The molecule has 5 nitrogen and oxygen atoms in total. The van der Waals surface area contributed by atoms with Gasteiger partial charge in [0.1, 0.15) is 17.7 Å². The predicted octanol–water partition coefficient (Wildman–Crippen LogP) is 8.54. The van der Waals surface area contributed by atoms with Gasteiger partial charge in [0, 0.05) is 16.8 Å². The molecule has 0 aromatic heterocycles. The normalized spacial score (nSPS) is 12.1. The van der Waals surface area contributed by atoms with Crippen LogP contribution in [0.15, 0.2) is 97.1 Å². The molecular formula is C33H25F9N2O3. The molecule has 0 spiro atoms. The maximum absolute atomic E-state index is 13.6. The maximum atomic E-state index is 13.6. The van der Waals surface area contributed by atoms with Crippen molar-refractivity contribution in [2.45, 2.75) is 37.9 Å². The number of benzene rings is 4. The summed E-state index contributed by atoms with van der Waals surface area (Å²) in [4.78, 5) is 35.9. The quantitative estimate of drug-likeness (QED) is 0.144. The molecule has 1 unspecified atom stereocenters. The average molecular weight is 669 g/mol. The van der Waals surface area contributed by atoms with E-state index < -0.39 is 66.3 Å². The van der Waals surface area contributed by atoms with E-state index >= 15 is 0 Å². The highest BCUT2D eigenvalue weighted by atomic mass is 19.4. The Kier molecular flexibility index (Phi) is 11.9. The molecule has 0 aliphatic heterocycles. The molecule has 0 saturated carbocycles. The topological polar surface area (TPSA) is 66.5 Å². The zero-order chi connectivity index (χ0) is 34.9. The molecule has 0 radical (unpaired) electrons. The van der Waals surface area contributed by atoms with Crippen molar-refractivity contribution in [3.63, 3.8) is 0 Å². The van der Waals surface area contributed by atoms with Gasteiger partial charge in [0.2, 0.25) is 12.3 Å². The minimum atomic E-state index is -5.29. The fourth-order valence-electron chi connectivity index (χ4n) is 4.23. The van der Waals surface area contributed by atoms with Crippen LogP contribution in [0.25, 0.3) is 11.1 Å². The summed E-state index contributed by atoms with van der Waals surface area (Å²) in [6, 6.07) is 19.6. The van der Waals surface area contributed by atoms with Gasteiger partial charge < -0.3 is 5.32 Å². The summed E-state index contributed by atoms with van der Waals surface area (Å²) in [5.74, 6) is -9.37. The van der Waals surface area contributed by atoms with Gasteiger partial charge in [0.25, 0.3) is 5.91 Å². The smallest absolute Gasteiger partial charge is 0.326 e. The molecule has 0 heterocycles. The highest BCUT2D eigenvalue weighted by Crippen LogP contribution is 2.36. The molecule has 4 rings (SSSR count). The van der Waals surface area contributed by atoms with Gasteiger partial charge in [-0.3, -0.25) is 19.3 Å². The van der Waals surface area contributed by atoms with Crippen molar-refractivity contribution in [1.29, 1.82) is 0 Å². The van der Waals surface area contributed by atoms with Gasteiger partial charge in [-0.25, -0.2) is 17.6 Å². The molecule has 47 heavy (non-hydrogen) atoms. The van der Waals surface area contributed by atoms with Crippen molar-refractivity contribution in [2.75, 3.05) is 5.32 Å². The average Bonchev–Trinajstić information content (AvgIpc) is 3.01. The fourth-order valence-corrected chi connectivity index (χ4v) is 4.23. The number of halogens is 9. The van der Waals surface area contributed by atoms with Crippen molar-refractivity contribution in [3.8, 4) is 11.1 Å². The molecule has 14 heteroatoms. The lowest BCUT2D eigenvalue weighted by atomic mass is 10.1. The molecule has 0 saturated heterocycles. The number of nitrogens with zero attached hydrogens (tertiary/aromatic N) is 1. The molecule has 4 aromatic carbocycles. The third kappa shape index (κ3) is 9.67. The Morgan fingerprint density at radius 2 is 1.36 bits per heavy atom. The summed E-state index contributed by atoms with van der Waals surface area (Å²) in [5.41, 5.74) is -0.187. The lowest BCUT2D eigenvalue weighted by molar-refractivity contribution is -0.180. The van der Waals surface area contributed by atoms with Crippen LogP contribution in [-0.2, 0) is 15.5 Å². The number of anilines is 1. The van der Waals surface area contributed by atoms with Crippen molar-refractivity contribution in [3.05, 3.63) is 125 Å². The van der Waals surface area contributed by atoms with E-state index in [0.29, 0.717) is 6.07 Å². The third-order valence-electron chi connectivity index (χ3n) is 6.61. The fraction of sp³-hybridized carbons (Fsp3) is 0.182. The second-order valence-corrected chi connectivity index (χ2v) is 9.97. The largest absolute Gasteiger partial charge is 0.409 e. The van der Waals surface area contributed by atoms with Gasteiger partial charge in [-0.1, -0.05) is 60.7 Å². The summed E-state index contributed by atoms with van der Waals surface area (Å²) in [6.45, 7) is 1.40. The Hall–Kier alpha value is -5.14. The van der Waals surface area contributed by atoms with Crippen LogP contribution in [0, 0.1) is 18.6 Å². The molecule has 1 N–H and O–H groups in total. The van der Waals surface area contributed by atoms with E-state index in [0.717, 1.165) is 11.1 Å². The number of alkyl halides is 7. The van der Waals surface area contributed by atoms with Gasteiger partial charge in [0.15, 0.2) is 0 Å². The minimum Gasteiger partial charge on any atom is -0.326 e. The van der Waals surface area contributed by atoms with E-state index in [1.54, 1.807) is 17.4 Å². The lowest BCUT2D eigenvalue weighted by Crippen LogP contribution is -2.50. The standard InChI is InChI=1S/C21H16F8N2O3.C12H9F/c1-11-4-2-3-5-15(11)18(34)31(10-32)16(21(27,28)29)9-17(33)30-14-7-12(6-13(22)8-14)20(25,26)19(23)24;13-12-8-6-11(7-9-12)10-4-2-1-3-5-10/h2-8,10,16,19H,9H2,1H3,(H,30,33);1-9H. The van der Waals surface area contributed by atoms with E-state index in [4.69, 9.17) is 0 Å². The van der Waals surface area contributed by atoms with Crippen molar-refractivity contribution < 1.29 is 53.9 Å². The Morgan fingerprint density at radius 3 is 1.91 bits per heavy atom. The first-order chi connectivity index (χ1) is 22.0. The van der Waals surface area contributed by atoms with E-state index in [-0.39, 0.29) is 34.0 Å². The van der Waals surface area contributed by atoms with E-state index in [9.17, 15) is 53.9 Å². The molecule has 0 aliphatic rings. The molecule has 1 atom stereocenters. The van der Waals surface area contributed by atoms with Crippen molar-refractivity contribution >= 4 is 23.9 Å². The van der Waals surface area contributed by atoms with Gasteiger partial charge >= 0.3 is 18.5 Å². The number of carbonyl (C=O) groups is 3. The first-order valence-electron chi connectivity index (χ1n) is 13.5. The van der Waals surface area contributed by atoms with Crippen LogP contribution in [0.1, 0.15) is 27.9 Å². The zero-order valence-corrected chi connectivity index (χ0v) is 24.3. The molecule has 3 amide bonds. The van der Waals surface area contributed by atoms with Crippen LogP contribution >= 0.6 is 0 Å². The molecule has 0 aliphatic carbocycles. The number of hydrogen-bond donors (Lipinski definition) is 1. The van der Waals surface area contributed by atoms with E-state index in [1.807, 2.05) is 30.3 Å². The monoisotopic (exact) mass is 668 g/mol. The van der Waals surface area contributed by atoms with Gasteiger partial charge in [-0.15, -0.1) is 0 Å². The first kappa shape index (κ1) is 36.3. The summed E-state index contributed by atoms with van der Waals surface area (Å²) in [7, 11) is 0. The Balaban J connectivity index is 0.000000380. The van der Waals surface area contributed by atoms with Crippen LogP contribution < -0.4 is 5.32 Å². The molecule has 248 valence electrons. The second-order valence-electron chi connectivity index (χ2n) is 9.97. The Labute approximate surface area is 262 Å².